The lowest BCUT2D eigenvalue weighted by atomic mass is 10.1. The lowest BCUT2D eigenvalue weighted by Gasteiger charge is -2.11. The molecule has 78 valence electrons. The van der Waals surface area contributed by atoms with Gasteiger partial charge in [-0.15, -0.1) is 0 Å². The highest BCUT2D eigenvalue weighted by molar-refractivity contribution is 6.32. The Morgan fingerprint density at radius 1 is 1.57 bits per heavy atom. The minimum atomic E-state index is -0.550. The van der Waals surface area contributed by atoms with Crippen LogP contribution in [0.1, 0.15) is 18.1 Å². The molecule has 3 N–H and O–H groups in total. The number of methoxy groups -OCH3 is 1. The fourth-order valence-electron chi connectivity index (χ4n) is 1.21. The normalized spacial score (nSPS) is 12.6. The van der Waals surface area contributed by atoms with Crippen molar-refractivity contribution in [3.05, 3.63) is 28.8 Å². The van der Waals surface area contributed by atoms with Crippen LogP contribution in [0.25, 0.3) is 0 Å². The summed E-state index contributed by atoms with van der Waals surface area (Å²) >= 11 is 5.85. The summed E-state index contributed by atoms with van der Waals surface area (Å²) in [7, 11) is 1.54. The van der Waals surface area contributed by atoms with Crippen molar-refractivity contribution < 1.29 is 9.84 Å². The first-order valence-corrected chi connectivity index (χ1v) is 4.78. The third kappa shape index (κ3) is 2.61. The second-order valence-corrected chi connectivity index (χ2v) is 3.39. The number of hydrogen-bond acceptors (Lipinski definition) is 3. The third-order valence-electron chi connectivity index (χ3n) is 2.00. The Bertz CT molecular complexity index is 304. The van der Waals surface area contributed by atoms with Crippen molar-refractivity contribution in [2.75, 3.05) is 13.7 Å². The van der Waals surface area contributed by atoms with E-state index in [1.165, 1.54) is 0 Å². The van der Waals surface area contributed by atoms with E-state index in [9.17, 15) is 5.11 Å². The van der Waals surface area contributed by atoms with Crippen molar-refractivity contribution in [2.24, 2.45) is 5.73 Å². The van der Waals surface area contributed by atoms with Gasteiger partial charge >= 0.3 is 0 Å². The van der Waals surface area contributed by atoms with Crippen molar-refractivity contribution in [3.63, 3.8) is 0 Å². The monoisotopic (exact) mass is 215 g/mol. The SMILES string of the molecule is COc1cc([C@@H](O)CCN)ccc1Cl. The molecular weight excluding hydrogens is 202 g/mol. The van der Waals surface area contributed by atoms with Crippen molar-refractivity contribution in [3.8, 4) is 5.75 Å². The molecule has 0 radical (unpaired) electrons. The quantitative estimate of drug-likeness (QED) is 0.805. The van der Waals surface area contributed by atoms with Gasteiger partial charge in [0.1, 0.15) is 5.75 Å². The molecule has 0 aliphatic rings. The second-order valence-electron chi connectivity index (χ2n) is 2.99. The maximum Gasteiger partial charge on any atom is 0.137 e. The first kappa shape index (κ1) is 11.3. The minimum Gasteiger partial charge on any atom is -0.495 e. The predicted molar refractivity (Wildman–Crippen MR) is 56.6 cm³/mol. The first-order chi connectivity index (χ1) is 6.69. The van der Waals surface area contributed by atoms with Crippen LogP contribution in [-0.2, 0) is 0 Å². The molecule has 4 heteroatoms. The van der Waals surface area contributed by atoms with E-state index in [-0.39, 0.29) is 0 Å². The maximum absolute atomic E-state index is 9.65. The molecule has 1 aromatic rings. The molecule has 1 atom stereocenters. The van der Waals surface area contributed by atoms with Crippen LogP contribution in [0, 0.1) is 0 Å². The third-order valence-corrected chi connectivity index (χ3v) is 2.31. The standard InChI is InChI=1S/C10H14ClNO2/c1-14-10-6-7(2-3-8(10)11)9(13)4-5-12/h2-3,6,9,13H,4-5,12H2,1H3/t9-/m0/s1. The lowest BCUT2D eigenvalue weighted by molar-refractivity contribution is 0.170. The Morgan fingerprint density at radius 2 is 2.29 bits per heavy atom. The van der Waals surface area contributed by atoms with Gasteiger partial charge in [-0.2, -0.15) is 0 Å². The second kappa shape index (κ2) is 5.20. The van der Waals surface area contributed by atoms with Gasteiger partial charge in [-0.25, -0.2) is 0 Å². The predicted octanol–water partition coefficient (Wildman–Crippen LogP) is 1.73. The van der Waals surface area contributed by atoms with Crippen molar-refractivity contribution >= 4 is 11.6 Å². The topological polar surface area (TPSA) is 55.5 Å². The Kier molecular flexibility index (Phi) is 4.20. The number of halogens is 1. The number of ether oxygens (including phenoxy) is 1. The Hall–Kier alpha value is -0.770. The summed E-state index contributed by atoms with van der Waals surface area (Å²) in [6.07, 6.45) is -0.0173. The lowest BCUT2D eigenvalue weighted by Crippen LogP contribution is -2.06. The van der Waals surface area contributed by atoms with E-state index in [1.54, 1.807) is 25.3 Å². The molecule has 0 aliphatic carbocycles. The number of aliphatic hydroxyl groups excluding tert-OH is 1. The molecule has 0 saturated heterocycles. The molecule has 0 fully saturated rings. The number of nitrogens with two attached hydrogens (primary N) is 1. The molecule has 0 heterocycles. The van der Waals surface area contributed by atoms with Crippen molar-refractivity contribution in [2.45, 2.75) is 12.5 Å². The van der Waals surface area contributed by atoms with Gasteiger partial charge in [-0.3, -0.25) is 0 Å². The van der Waals surface area contributed by atoms with Crippen LogP contribution in [0.4, 0.5) is 0 Å². The van der Waals surface area contributed by atoms with Gasteiger partial charge in [0, 0.05) is 0 Å². The molecule has 0 unspecified atom stereocenters. The van der Waals surface area contributed by atoms with Gasteiger partial charge in [0.2, 0.25) is 0 Å². The summed E-state index contributed by atoms with van der Waals surface area (Å²) in [6.45, 7) is 0.451. The van der Waals surface area contributed by atoms with E-state index in [2.05, 4.69) is 0 Å². The fourth-order valence-corrected chi connectivity index (χ4v) is 1.40. The highest BCUT2D eigenvalue weighted by atomic mass is 35.5. The summed E-state index contributed by atoms with van der Waals surface area (Å²) in [5.41, 5.74) is 6.12. The molecule has 0 spiro atoms. The molecule has 0 bridgehead atoms. The average Bonchev–Trinajstić information content (AvgIpc) is 2.19. The van der Waals surface area contributed by atoms with Crippen LogP contribution in [0.2, 0.25) is 5.02 Å². The Morgan fingerprint density at radius 3 is 2.86 bits per heavy atom. The summed E-state index contributed by atoms with van der Waals surface area (Å²) in [5.74, 6) is 0.570. The largest absolute Gasteiger partial charge is 0.495 e. The van der Waals surface area contributed by atoms with Crippen molar-refractivity contribution in [1.29, 1.82) is 0 Å². The maximum atomic E-state index is 9.65. The molecule has 0 aliphatic heterocycles. The molecule has 14 heavy (non-hydrogen) atoms. The molecule has 0 aromatic heterocycles. The van der Waals surface area contributed by atoms with Gasteiger partial charge in [-0.05, 0) is 30.7 Å². The highest BCUT2D eigenvalue weighted by Crippen LogP contribution is 2.28. The summed E-state index contributed by atoms with van der Waals surface area (Å²) in [5, 5.41) is 10.2. The van der Waals surface area contributed by atoms with E-state index in [4.69, 9.17) is 22.1 Å². The van der Waals surface area contributed by atoms with Crippen LogP contribution in [0.3, 0.4) is 0 Å². The van der Waals surface area contributed by atoms with Gasteiger partial charge in [0.15, 0.2) is 0 Å². The van der Waals surface area contributed by atoms with E-state index in [0.717, 1.165) is 5.56 Å². The Labute approximate surface area is 88.4 Å². The number of benzene rings is 1. The fraction of sp³-hybridized carbons (Fsp3) is 0.400. The molecule has 0 saturated carbocycles. The smallest absolute Gasteiger partial charge is 0.137 e. The molecule has 0 amide bonds. The Balaban J connectivity index is 2.88. The van der Waals surface area contributed by atoms with Crippen molar-refractivity contribution in [1.82, 2.24) is 0 Å². The summed E-state index contributed by atoms with van der Waals surface area (Å²) < 4.78 is 5.04. The summed E-state index contributed by atoms with van der Waals surface area (Å²) in [4.78, 5) is 0. The molecule has 1 rings (SSSR count). The average molecular weight is 216 g/mol. The molecular formula is C10H14ClNO2. The highest BCUT2D eigenvalue weighted by Gasteiger charge is 2.09. The van der Waals surface area contributed by atoms with E-state index in [0.29, 0.717) is 23.7 Å². The minimum absolute atomic E-state index is 0.451. The van der Waals surface area contributed by atoms with Gasteiger partial charge < -0.3 is 15.6 Å². The van der Waals surface area contributed by atoms with Crippen LogP contribution >= 0.6 is 11.6 Å². The first-order valence-electron chi connectivity index (χ1n) is 4.40. The van der Waals surface area contributed by atoms with Crippen LogP contribution in [0.15, 0.2) is 18.2 Å². The van der Waals surface area contributed by atoms with Gasteiger partial charge in [0.25, 0.3) is 0 Å². The van der Waals surface area contributed by atoms with E-state index < -0.39 is 6.10 Å². The van der Waals surface area contributed by atoms with Crippen LogP contribution < -0.4 is 10.5 Å². The van der Waals surface area contributed by atoms with Crippen LogP contribution in [-0.4, -0.2) is 18.8 Å². The van der Waals surface area contributed by atoms with E-state index >= 15 is 0 Å². The van der Waals surface area contributed by atoms with Gasteiger partial charge in [-0.1, -0.05) is 17.7 Å². The molecule has 3 nitrogen and oxygen atoms in total. The van der Waals surface area contributed by atoms with Crippen LogP contribution in [0.5, 0.6) is 5.75 Å². The zero-order chi connectivity index (χ0) is 10.6. The number of rotatable bonds is 4. The summed E-state index contributed by atoms with van der Waals surface area (Å²) in [6, 6.07) is 5.20. The number of aliphatic hydroxyl groups is 1. The van der Waals surface area contributed by atoms with Gasteiger partial charge in [0.05, 0.1) is 18.2 Å². The zero-order valence-electron chi connectivity index (χ0n) is 8.03. The van der Waals surface area contributed by atoms with E-state index in [1.807, 2.05) is 0 Å². The molecule has 1 aromatic carbocycles. The number of hydrogen-bond donors (Lipinski definition) is 2. The zero-order valence-corrected chi connectivity index (χ0v) is 8.79.